The SMILES string of the molecule is COC(=O)c1ccc2c(c1)S(=O)(=O)NCN2C1CC1. The lowest BCUT2D eigenvalue weighted by Crippen LogP contribution is -2.44. The fourth-order valence-electron chi connectivity index (χ4n) is 2.24. The van der Waals surface area contributed by atoms with Crippen LogP contribution in [0.1, 0.15) is 23.2 Å². The number of rotatable bonds is 2. The fourth-order valence-corrected chi connectivity index (χ4v) is 3.45. The summed E-state index contributed by atoms with van der Waals surface area (Å²) < 4.78 is 31.2. The molecule has 1 aromatic rings. The maximum absolute atomic E-state index is 12.0. The van der Waals surface area contributed by atoms with Gasteiger partial charge in [-0.3, -0.25) is 0 Å². The van der Waals surface area contributed by atoms with Gasteiger partial charge < -0.3 is 9.64 Å². The third kappa shape index (κ3) is 2.08. The maximum atomic E-state index is 12.0. The summed E-state index contributed by atoms with van der Waals surface area (Å²) in [6.07, 6.45) is 2.14. The zero-order valence-corrected chi connectivity index (χ0v) is 11.2. The molecule has 6 nitrogen and oxygen atoms in total. The second-order valence-electron chi connectivity index (χ2n) is 4.68. The van der Waals surface area contributed by atoms with E-state index < -0.39 is 16.0 Å². The summed E-state index contributed by atoms with van der Waals surface area (Å²) in [5.74, 6) is -0.540. The highest BCUT2D eigenvalue weighted by molar-refractivity contribution is 7.89. The van der Waals surface area contributed by atoms with Crippen molar-refractivity contribution in [2.24, 2.45) is 0 Å². The number of nitrogens with one attached hydrogen (secondary N) is 1. The number of fused-ring (bicyclic) bond motifs is 1. The summed E-state index contributed by atoms with van der Waals surface area (Å²) in [6, 6.07) is 5.04. The van der Waals surface area contributed by atoms with Crippen LogP contribution < -0.4 is 9.62 Å². The molecule has 102 valence electrons. The average Bonchev–Trinajstić information content (AvgIpc) is 3.22. The summed E-state index contributed by atoms with van der Waals surface area (Å²) in [6.45, 7) is 0.289. The minimum Gasteiger partial charge on any atom is -0.465 e. The van der Waals surface area contributed by atoms with Crippen molar-refractivity contribution < 1.29 is 17.9 Å². The van der Waals surface area contributed by atoms with Crippen molar-refractivity contribution in [3.8, 4) is 0 Å². The summed E-state index contributed by atoms with van der Waals surface area (Å²) in [5.41, 5.74) is 0.901. The molecule has 0 unspecified atom stereocenters. The van der Waals surface area contributed by atoms with E-state index in [2.05, 4.69) is 9.46 Å². The van der Waals surface area contributed by atoms with Gasteiger partial charge in [-0.05, 0) is 31.0 Å². The molecular weight excluding hydrogens is 268 g/mol. The van der Waals surface area contributed by atoms with Gasteiger partial charge in [0.05, 0.1) is 25.0 Å². The van der Waals surface area contributed by atoms with Crippen LogP contribution in [-0.4, -0.2) is 34.2 Å². The lowest BCUT2D eigenvalue weighted by molar-refractivity contribution is 0.0600. The number of carbonyl (C=O) groups excluding carboxylic acids is 1. The van der Waals surface area contributed by atoms with Crippen LogP contribution in [0.4, 0.5) is 5.69 Å². The van der Waals surface area contributed by atoms with Crippen molar-refractivity contribution in [3.05, 3.63) is 23.8 Å². The highest BCUT2D eigenvalue weighted by Gasteiger charge is 2.36. The number of esters is 1. The standard InChI is InChI=1S/C12H14N2O4S/c1-18-12(15)8-2-5-10-11(6-8)19(16,17)13-7-14(10)9-3-4-9/h2,5-6,9,13H,3-4,7H2,1H3. The number of carbonyl (C=O) groups is 1. The quantitative estimate of drug-likeness (QED) is 0.808. The molecule has 0 bridgehead atoms. The van der Waals surface area contributed by atoms with Crippen LogP contribution in [0.5, 0.6) is 0 Å². The van der Waals surface area contributed by atoms with Gasteiger partial charge in [0.15, 0.2) is 0 Å². The van der Waals surface area contributed by atoms with Gasteiger partial charge >= 0.3 is 5.97 Å². The zero-order chi connectivity index (χ0) is 13.6. The van der Waals surface area contributed by atoms with Crippen molar-refractivity contribution in [2.75, 3.05) is 18.7 Å². The van der Waals surface area contributed by atoms with E-state index in [0.29, 0.717) is 11.7 Å². The number of ether oxygens (including phenoxy) is 1. The predicted molar refractivity (Wildman–Crippen MR) is 68.5 cm³/mol. The van der Waals surface area contributed by atoms with Gasteiger partial charge in [-0.2, -0.15) is 4.72 Å². The number of hydrogen-bond acceptors (Lipinski definition) is 5. The molecule has 0 radical (unpaired) electrons. The molecule has 1 N–H and O–H groups in total. The Morgan fingerprint density at radius 3 is 2.79 bits per heavy atom. The molecule has 3 rings (SSSR count). The minimum absolute atomic E-state index is 0.147. The van der Waals surface area contributed by atoms with E-state index in [0.717, 1.165) is 12.8 Å². The highest BCUT2D eigenvalue weighted by atomic mass is 32.2. The number of nitrogens with zero attached hydrogens (tertiary/aromatic N) is 1. The van der Waals surface area contributed by atoms with Crippen LogP contribution in [0.15, 0.2) is 23.1 Å². The number of methoxy groups -OCH3 is 1. The van der Waals surface area contributed by atoms with Crippen LogP contribution in [0.25, 0.3) is 0 Å². The van der Waals surface area contributed by atoms with Crippen molar-refractivity contribution in [3.63, 3.8) is 0 Å². The molecule has 7 heteroatoms. The van der Waals surface area contributed by atoms with E-state index in [-0.39, 0.29) is 17.1 Å². The van der Waals surface area contributed by atoms with E-state index >= 15 is 0 Å². The molecule has 2 aliphatic rings. The minimum atomic E-state index is -3.54. The molecule has 0 amide bonds. The molecule has 1 heterocycles. The number of sulfonamides is 1. The van der Waals surface area contributed by atoms with Crippen LogP contribution >= 0.6 is 0 Å². The largest absolute Gasteiger partial charge is 0.465 e. The Labute approximate surface area is 111 Å². The van der Waals surface area contributed by atoms with Crippen molar-refractivity contribution >= 4 is 21.7 Å². The van der Waals surface area contributed by atoms with E-state index in [1.54, 1.807) is 12.1 Å². The summed E-state index contributed by atoms with van der Waals surface area (Å²) in [5, 5.41) is 0. The van der Waals surface area contributed by atoms with Crippen LogP contribution in [-0.2, 0) is 14.8 Å². The van der Waals surface area contributed by atoms with Gasteiger partial charge in [0, 0.05) is 6.04 Å². The topological polar surface area (TPSA) is 75.7 Å². The molecule has 0 atom stereocenters. The fraction of sp³-hybridized carbons (Fsp3) is 0.417. The molecule has 1 saturated carbocycles. The third-order valence-electron chi connectivity index (χ3n) is 3.39. The van der Waals surface area contributed by atoms with E-state index in [4.69, 9.17) is 0 Å². The lowest BCUT2D eigenvalue weighted by Gasteiger charge is -2.31. The van der Waals surface area contributed by atoms with Gasteiger partial charge in [-0.25, -0.2) is 13.2 Å². The van der Waals surface area contributed by atoms with Gasteiger partial charge in [0.2, 0.25) is 10.0 Å². The molecule has 0 spiro atoms. The van der Waals surface area contributed by atoms with E-state index in [1.807, 2.05) is 4.90 Å². The summed E-state index contributed by atoms with van der Waals surface area (Å²) in [4.78, 5) is 13.7. The number of hydrogen-bond donors (Lipinski definition) is 1. The first-order chi connectivity index (χ1) is 9.03. The molecule has 1 aliphatic carbocycles. The van der Waals surface area contributed by atoms with Crippen molar-refractivity contribution in [1.29, 1.82) is 0 Å². The van der Waals surface area contributed by atoms with Crippen LogP contribution in [0, 0.1) is 0 Å². The van der Waals surface area contributed by atoms with Gasteiger partial charge in [0.1, 0.15) is 4.90 Å². The van der Waals surface area contributed by atoms with Crippen molar-refractivity contribution in [1.82, 2.24) is 4.72 Å². The second kappa shape index (κ2) is 4.21. The Hall–Kier alpha value is -1.60. The molecule has 1 fully saturated rings. The summed E-state index contributed by atoms with van der Waals surface area (Å²) >= 11 is 0. The predicted octanol–water partition coefficient (Wildman–Crippen LogP) is 0.691. The Morgan fingerprint density at radius 1 is 1.42 bits per heavy atom. The zero-order valence-electron chi connectivity index (χ0n) is 10.4. The number of benzene rings is 1. The van der Waals surface area contributed by atoms with Gasteiger partial charge in [-0.1, -0.05) is 0 Å². The first-order valence-electron chi connectivity index (χ1n) is 6.01. The van der Waals surface area contributed by atoms with Gasteiger partial charge in [0.25, 0.3) is 0 Å². The maximum Gasteiger partial charge on any atom is 0.337 e. The third-order valence-corrected chi connectivity index (χ3v) is 4.81. The smallest absolute Gasteiger partial charge is 0.337 e. The van der Waals surface area contributed by atoms with Crippen LogP contribution in [0.2, 0.25) is 0 Å². The Balaban J connectivity index is 2.11. The molecular formula is C12H14N2O4S. The molecule has 1 aliphatic heterocycles. The van der Waals surface area contributed by atoms with Crippen LogP contribution in [0.3, 0.4) is 0 Å². The molecule has 1 aromatic carbocycles. The first-order valence-corrected chi connectivity index (χ1v) is 7.50. The van der Waals surface area contributed by atoms with E-state index in [1.165, 1.54) is 13.2 Å². The molecule has 19 heavy (non-hydrogen) atoms. The molecule has 0 saturated heterocycles. The Morgan fingerprint density at radius 2 is 2.16 bits per heavy atom. The van der Waals surface area contributed by atoms with E-state index in [9.17, 15) is 13.2 Å². The normalized spacial score (nSPS) is 20.8. The lowest BCUT2D eigenvalue weighted by atomic mass is 10.2. The monoisotopic (exact) mass is 282 g/mol. The van der Waals surface area contributed by atoms with Crippen molar-refractivity contribution in [2.45, 2.75) is 23.8 Å². The average molecular weight is 282 g/mol. The number of anilines is 1. The second-order valence-corrected chi connectivity index (χ2v) is 6.42. The first kappa shape index (κ1) is 12.4. The Bertz CT molecular complexity index is 637. The molecule has 0 aromatic heterocycles. The summed E-state index contributed by atoms with van der Waals surface area (Å²) in [7, 11) is -2.28. The van der Waals surface area contributed by atoms with Gasteiger partial charge in [-0.15, -0.1) is 0 Å². The Kier molecular flexibility index (Phi) is 2.75. The highest BCUT2D eigenvalue weighted by Crippen LogP contribution is 2.37.